The summed E-state index contributed by atoms with van der Waals surface area (Å²) in [6.45, 7) is 11.2. The highest BCUT2D eigenvalue weighted by Gasteiger charge is 2.23. The Balaban J connectivity index is 2.34. The van der Waals surface area contributed by atoms with Crippen LogP contribution < -0.4 is 10.2 Å². The van der Waals surface area contributed by atoms with E-state index in [2.05, 4.69) is 77.1 Å². The van der Waals surface area contributed by atoms with Gasteiger partial charge in [0, 0.05) is 35.3 Å². The summed E-state index contributed by atoms with van der Waals surface area (Å²) in [7, 11) is 2.23. The van der Waals surface area contributed by atoms with Gasteiger partial charge in [0.05, 0.1) is 0 Å². The van der Waals surface area contributed by atoms with Crippen molar-refractivity contribution >= 4 is 21.6 Å². The lowest BCUT2D eigenvalue weighted by atomic mass is 10.0. The molecule has 21 heavy (non-hydrogen) atoms. The highest BCUT2D eigenvalue weighted by atomic mass is 79.9. The van der Waals surface area contributed by atoms with Gasteiger partial charge in [0.15, 0.2) is 0 Å². The highest BCUT2D eigenvalue weighted by molar-refractivity contribution is 9.10. The largest absolute Gasteiger partial charge is 0.367 e. The zero-order chi connectivity index (χ0) is 15.4. The van der Waals surface area contributed by atoms with E-state index in [0.717, 1.165) is 24.1 Å². The molecule has 1 fully saturated rings. The Kier molecular flexibility index (Phi) is 6.08. The molecule has 0 spiro atoms. The Labute approximate surface area is 137 Å². The van der Waals surface area contributed by atoms with Gasteiger partial charge in [0.2, 0.25) is 0 Å². The van der Waals surface area contributed by atoms with E-state index in [1.165, 1.54) is 24.2 Å². The van der Waals surface area contributed by atoms with Crippen molar-refractivity contribution in [2.75, 3.05) is 38.1 Å². The van der Waals surface area contributed by atoms with E-state index in [4.69, 9.17) is 0 Å². The molecule has 2 atom stereocenters. The zero-order valence-electron chi connectivity index (χ0n) is 13.7. The molecule has 1 N–H and O–H groups in total. The molecule has 0 aromatic heterocycles. The molecular weight excluding hydrogens is 326 g/mol. The number of halogens is 1. The molecule has 1 aromatic carbocycles. The monoisotopic (exact) mass is 353 g/mol. The van der Waals surface area contributed by atoms with Gasteiger partial charge in [0.25, 0.3) is 0 Å². The van der Waals surface area contributed by atoms with Gasteiger partial charge in [-0.05, 0) is 58.1 Å². The van der Waals surface area contributed by atoms with Gasteiger partial charge >= 0.3 is 0 Å². The van der Waals surface area contributed by atoms with Crippen molar-refractivity contribution in [3.63, 3.8) is 0 Å². The predicted octanol–water partition coefficient (Wildman–Crippen LogP) is 3.65. The van der Waals surface area contributed by atoms with Crippen LogP contribution in [0.1, 0.15) is 38.8 Å². The maximum Gasteiger partial charge on any atom is 0.0428 e. The van der Waals surface area contributed by atoms with Gasteiger partial charge in [-0.2, -0.15) is 0 Å². The third kappa shape index (κ3) is 4.21. The van der Waals surface area contributed by atoms with Crippen molar-refractivity contribution in [3.05, 3.63) is 28.2 Å². The van der Waals surface area contributed by atoms with Crippen LogP contribution in [0.15, 0.2) is 22.7 Å². The molecule has 3 nitrogen and oxygen atoms in total. The normalized spacial score (nSPS) is 22.1. The van der Waals surface area contributed by atoms with Crippen LogP contribution in [-0.4, -0.2) is 44.2 Å². The fourth-order valence-corrected chi connectivity index (χ4v) is 3.63. The van der Waals surface area contributed by atoms with Crippen LogP contribution in [0.5, 0.6) is 0 Å². The number of anilines is 1. The van der Waals surface area contributed by atoms with Crippen molar-refractivity contribution in [3.8, 4) is 0 Å². The lowest BCUT2D eigenvalue weighted by molar-refractivity contribution is 0.337. The summed E-state index contributed by atoms with van der Waals surface area (Å²) in [5.74, 6) is 0. The molecule has 1 saturated heterocycles. The molecule has 118 valence electrons. The second-order valence-corrected chi connectivity index (χ2v) is 7.06. The van der Waals surface area contributed by atoms with Crippen molar-refractivity contribution in [1.82, 2.24) is 10.2 Å². The first kappa shape index (κ1) is 16.8. The first-order chi connectivity index (χ1) is 10.0. The second kappa shape index (κ2) is 7.61. The van der Waals surface area contributed by atoms with Crippen LogP contribution in [0.25, 0.3) is 0 Å². The summed E-state index contributed by atoms with van der Waals surface area (Å²) in [6.07, 6.45) is 1.22. The van der Waals surface area contributed by atoms with E-state index in [9.17, 15) is 0 Å². The topological polar surface area (TPSA) is 18.5 Å². The molecule has 0 bridgehead atoms. The lowest BCUT2D eigenvalue weighted by Crippen LogP contribution is -2.39. The summed E-state index contributed by atoms with van der Waals surface area (Å²) >= 11 is 3.64. The number of hydrogen-bond acceptors (Lipinski definition) is 3. The number of nitrogens with one attached hydrogen (secondary N) is 1. The van der Waals surface area contributed by atoms with Gasteiger partial charge in [-0.1, -0.05) is 28.9 Å². The highest BCUT2D eigenvalue weighted by Crippen LogP contribution is 2.32. The zero-order valence-corrected chi connectivity index (χ0v) is 15.3. The Morgan fingerprint density at radius 2 is 2.14 bits per heavy atom. The second-order valence-electron chi connectivity index (χ2n) is 6.14. The fraction of sp³-hybridized carbons (Fsp3) is 0.647. The summed E-state index contributed by atoms with van der Waals surface area (Å²) in [4.78, 5) is 5.02. The summed E-state index contributed by atoms with van der Waals surface area (Å²) in [5.41, 5.74) is 2.78. The molecule has 2 rings (SSSR count). The number of likely N-dealkylation sites (N-methyl/N-ethyl adjacent to an activating group) is 1. The van der Waals surface area contributed by atoms with Crippen LogP contribution in [-0.2, 0) is 0 Å². The fourth-order valence-electron chi connectivity index (χ4n) is 3.28. The van der Waals surface area contributed by atoms with Crippen molar-refractivity contribution in [1.29, 1.82) is 0 Å². The number of rotatable bonds is 4. The summed E-state index contributed by atoms with van der Waals surface area (Å²) < 4.78 is 1.16. The number of hydrogen-bond donors (Lipinski definition) is 1. The molecule has 0 radical (unpaired) electrons. The van der Waals surface area contributed by atoms with Crippen LogP contribution in [0, 0.1) is 0 Å². The van der Waals surface area contributed by atoms with Crippen molar-refractivity contribution in [2.24, 2.45) is 0 Å². The van der Waals surface area contributed by atoms with Crippen LogP contribution in [0.3, 0.4) is 0 Å². The molecule has 2 unspecified atom stereocenters. The van der Waals surface area contributed by atoms with Gasteiger partial charge < -0.3 is 15.1 Å². The minimum Gasteiger partial charge on any atom is -0.367 e. The molecule has 0 saturated carbocycles. The maximum absolute atomic E-state index is 3.64. The average molecular weight is 354 g/mol. The molecule has 0 aliphatic carbocycles. The Hall–Kier alpha value is -0.580. The third-order valence-corrected chi connectivity index (χ3v) is 4.82. The molecule has 1 aliphatic rings. The Morgan fingerprint density at radius 3 is 2.86 bits per heavy atom. The van der Waals surface area contributed by atoms with Gasteiger partial charge in [-0.25, -0.2) is 0 Å². The van der Waals surface area contributed by atoms with Crippen molar-refractivity contribution in [2.45, 2.75) is 39.3 Å². The molecule has 1 aliphatic heterocycles. The van der Waals surface area contributed by atoms with E-state index in [0.29, 0.717) is 12.1 Å². The van der Waals surface area contributed by atoms with Crippen LogP contribution in [0.2, 0.25) is 0 Å². The quantitative estimate of drug-likeness (QED) is 0.891. The SMILES string of the molecule is CCNC(C)c1ccc(Br)cc1N1CCCN(C)CC1C. The first-order valence-corrected chi connectivity index (χ1v) is 8.80. The molecule has 4 heteroatoms. The number of benzene rings is 1. The van der Waals surface area contributed by atoms with Gasteiger partial charge in [-0.15, -0.1) is 0 Å². The summed E-state index contributed by atoms with van der Waals surface area (Å²) in [6, 6.07) is 7.62. The molecule has 0 amide bonds. The van der Waals surface area contributed by atoms with E-state index >= 15 is 0 Å². The minimum atomic E-state index is 0.381. The Bertz CT molecular complexity index is 463. The maximum atomic E-state index is 3.64. The smallest absolute Gasteiger partial charge is 0.0428 e. The van der Waals surface area contributed by atoms with E-state index in [1.54, 1.807) is 0 Å². The molecular formula is C17H28BrN3. The van der Waals surface area contributed by atoms with E-state index in [1.807, 2.05) is 0 Å². The van der Waals surface area contributed by atoms with Gasteiger partial charge in [0.1, 0.15) is 0 Å². The summed E-state index contributed by atoms with van der Waals surface area (Å²) in [5, 5.41) is 3.55. The molecule has 1 aromatic rings. The van der Waals surface area contributed by atoms with Crippen LogP contribution >= 0.6 is 15.9 Å². The van der Waals surface area contributed by atoms with Crippen LogP contribution in [0.4, 0.5) is 5.69 Å². The number of nitrogens with zero attached hydrogens (tertiary/aromatic N) is 2. The van der Waals surface area contributed by atoms with Crippen molar-refractivity contribution < 1.29 is 0 Å². The first-order valence-electron chi connectivity index (χ1n) is 8.01. The average Bonchev–Trinajstić information content (AvgIpc) is 2.59. The standard InChI is InChI=1S/C17H28BrN3/c1-5-19-14(3)16-8-7-15(18)11-17(16)21-10-6-9-20(4)12-13(21)2/h7-8,11,13-14,19H,5-6,9-10,12H2,1-4H3. The van der Waals surface area contributed by atoms with E-state index in [-0.39, 0.29) is 0 Å². The third-order valence-electron chi connectivity index (χ3n) is 4.33. The minimum absolute atomic E-state index is 0.381. The molecule has 1 heterocycles. The van der Waals surface area contributed by atoms with Gasteiger partial charge in [-0.3, -0.25) is 0 Å². The Morgan fingerprint density at radius 1 is 1.38 bits per heavy atom. The van der Waals surface area contributed by atoms with E-state index < -0.39 is 0 Å². The predicted molar refractivity (Wildman–Crippen MR) is 95.2 cm³/mol. The lowest BCUT2D eigenvalue weighted by Gasteiger charge is -2.33.